The van der Waals surface area contributed by atoms with Gasteiger partial charge in [-0.1, -0.05) is 6.92 Å². The van der Waals surface area contributed by atoms with Gasteiger partial charge in [-0.05, 0) is 6.42 Å². The maximum absolute atomic E-state index is 11.4. The van der Waals surface area contributed by atoms with Gasteiger partial charge in [0.25, 0.3) is 0 Å². The molecule has 0 spiro atoms. The number of ether oxygens (including phenoxy) is 1. The molecular weight excluding hydrogens is 163 g/mol. The van der Waals surface area contributed by atoms with Crippen LogP contribution < -0.4 is 5.73 Å². The minimum absolute atomic E-state index is 0.0884. The number of halogens is 3. The molecule has 0 fully saturated rings. The summed E-state index contributed by atoms with van der Waals surface area (Å²) in [6.45, 7) is 1.38. The summed E-state index contributed by atoms with van der Waals surface area (Å²) in [6.07, 6.45) is -6.46. The predicted octanol–water partition coefficient (Wildman–Crippen LogP) is 0.787. The van der Waals surface area contributed by atoms with Crippen molar-refractivity contribution < 1.29 is 22.7 Å². The molecule has 0 aliphatic heterocycles. The third-order valence-corrected chi connectivity index (χ3v) is 0.964. The van der Waals surface area contributed by atoms with Gasteiger partial charge in [0.1, 0.15) is 6.10 Å². The predicted molar refractivity (Wildman–Crippen MR) is 30.4 cm³/mol. The van der Waals surface area contributed by atoms with Gasteiger partial charge in [-0.15, -0.1) is 13.2 Å². The first-order chi connectivity index (χ1) is 4.87. The van der Waals surface area contributed by atoms with Crippen LogP contribution in [0.15, 0.2) is 0 Å². The van der Waals surface area contributed by atoms with Crippen LogP contribution in [-0.4, -0.2) is 18.4 Å². The van der Waals surface area contributed by atoms with Gasteiger partial charge in [0.2, 0.25) is 5.91 Å². The SMILES string of the molecule is CCC(OC(F)(F)F)C(N)=O. The summed E-state index contributed by atoms with van der Waals surface area (Å²) in [7, 11) is 0. The summed E-state index contributed by atoms with van der Waals surface area (Å²) < 4.78 is 37.6. The van der Waals surface area contributed by atoms with Crippen molar-refractivity contribution in [2.75, 3.05) is 0 Å². The van der Waals surface area contributed by atoms with Crippen LogP contribution in [0.1, 0.15) is 13.3 Å². The molecule has 0 saturated heterocycles. The lowest BCUT2D eigenvalue weighted by Gasteiger charge is -2.13. The number of hydrogen-bond acceptors (Lipinski definition) is 2. The van der Waals surface area contributed by atoms with Gasteiger partial charge in [0.15, 0.2) is 0 Å². The number of carbonyl (C=O) groups is 1. The van der Waals surface area contributed by atoms with Crippen molar-refractivity contribution >= 4 is 5.91 Å². The molecule has 11 heavy (non-hydrogen) atoms. The van der Waals surface area contributed by atoms with Crippen molar-refractivity contribution in [3.05, 3.63) is 0 Å². The first-order valence-corrected chi connectivity index (χ1v) is 2.90. The highest BCUT2D eigenvalue weighted by atomic mass is 19.4. The number of alkyl halides is 3. The third kappa shape index (κ3) is 4.60. The molecule has 0 rings (SSSR count). The Hall–Kier alpha value is -0.780. The fourth-order valence-corrected chi connectivity index (χ4v) is 0.504. The molecule has 66 valence electrons. The lowest BCUT2D eigenvalue weighted by Crippen LogP contribution is -2.35. The number of primary amides is 1. The molecule has 0 aliphatic carbocycles. The Labute approximate surface area is 61.3 Å². The molecule has 0 bridgehead atoms. The lowest BCUT2D eigenvalue weighted by molar-refractivity contribution is -0.337. The Bertz CT molecular complexity index is 145. The quantitative estimate of drug-likeness (QED) is 0.682. The number of amides is 1. The summed E-state index contributed by atoms with van der Waals surface area (Å²) in [4.78, 5) is 10.2. The normalized spacial score (nSPS) is 14.5. The average Bonchev–Trinajstić information content (AvgIpc) is 1.80. The summed E-state index contributed by atoms with van der Waals surface area (Å²) in [5.41, 5.74) is 4.59. The van der Waals surface area contributed by atoms with Gasteiger partial charge in [0.05, 0.1) is 0 Å². The molecule has 0 aromatic heterocycles. The highest BCUT2D eigenvalue weighted by molar-refractivity contribution is 5.78. The Balaban J connectivity index is 3.99. The molecule has 1 unspecified atom stereocenters. The van der Waals surface area contributed by atoms with Crippen LogP contribution in [0.3, 0.4) is 0 Å². The van der Waals surface area contributed by atoms with Gasteiger partial charge >= 0.3 is 6.36 Å². The van der Waals surface area contributed by atoms with E-state index in [1.165, 1.54) is 6.92 Å². The van der Waals surface area contributed by atoms with Crippen molar-refractivity contribution in [1.29, 1.82) is 0 Å². The zero-order valence-corrected chi connectivity index (χ0v) is 5.81. The first kappa shape index (κ1) is 10.2. The first-order valence-electron chi connectivity index (χ1n) is 2.90. The number of hydrogen-bond donors (Lipinski definition) is 1. The highest BCUT2D eigenvalue weighted by Gasteiger charge is 2.34. The second-order valence-corrected chi connectivity index (χ2v) is 1.86. The maximum atomic E-state index is 11.4. The van der Waals surface area contributed by atoms with Crippen LogP contribution in [0.4, 0.5) is 13.2 Å². The van der Waals surface area contributed by atoms with E-state index in [1.54, 1.807) is 0 Å². The van der Waals surface area contributed by atoms with Crippen LogP contribution in [0.5, 0.6) is 0 Å². The fraction of sp³-hybridized carbons (Fsp3) is 0.800. The largest absolute Gasteiger partial charge is 0.523 e. The van der Waals surface area contributed by atoms with Crippen molar-refractivity contribution in [2.24, 2.45) is 5.73 Å². The standard InChI is InChI=1S/C5H8F3NO2/c1-2-3(4(9)10)11-5(6,7)8/h3H,2H2,1H3,(H2,9,10). The number of rotatable bonds is 3. The van der Waals surface area contributed by atoms with Gasteiger partial charge < -0.3 is 5.73 Å². The zero-order chi connectivity index (χ0) is 9.07. The maximum Gasteiger partial charge on any atom is 0.523 e. The topological polar surface area (TPSA) is 52.3 Å². The third-order valence-electron chi connectivity index (χ3n) is 0.964. The van der Waals surface area contributed by atoms with Crippen LogP contribution in [0.2, 0.25) is 0 Å². The van der Waals surface area contributed by atoms with Gasteiger partial charge in [-0.2, -0.15) is 0 Å². The minimum atomic E-state index is -4.80. The van der Waals surface area contributed by atoms with Crippen LogP contribution in [0, 0.1) is 0 Å². The zero-order valence-electron chi connectivity index (χ0n) is 5.81. The van der Waals surface area contributed by atoms with Crippen molar-refractivity contribution in [3.8, 4) is 0 Å². The fourth-order valence-electron chi connectivity index (χ4n) is 0.504. The van der Waals surface area contributed by atoms with E-state index in [1.807, 2.05) is 0 Å². The van der Waals surface area contributed by atoms with Crippen molar-refractivity contribution in [2.45, 2.75) is 25.8 Å². The average molecular weight is 171 g/mol. The van der Waals surface area contributed by atoms with E-state index in [4.69, 9.17) is 0 Å². The Kier molecular flexibility index (Phi) is 3.31. The highest BCUT2D eigenvalue weighted by Crippen LogP contribution is 2.19. The molecule has 6 heteroatoms. The van der Waals surface area contributed by atoms with E-state index in [2.05, 4.69) is 10.5 Å². The van der Waals surface area contributed by atoms with Crippen molar-refractivity contribution in [1.82, 2.24) is 0 Å². The van der Waals surface area contributed by atoms with Gasteiger partial charge in [-0.25, -0.2) is 0 Å². The molecular formula is C5H8F3NO2. The Morgan fingerprint density at radius 3 is 2.18 bits per heavy atom. The second kappa shape index (κ2) is 3.56. The van der Waals surface area contributed by atoms with Crippen LogP contribution >= 0.6 is 0 Å². The molecule has 1 atom stereocenters. The molecule has 0 saturated carbocycles. The van der Waals surface area contributed by atoms with E-state index < -0.39 is 18.4 Å². The van der Waals surface area contributed by atoms with Crippen LogP contribution in [0.25, 0.3) is 0 Å². The van der Waals surface area contributed by atoms with E-state index in [0.29, 0.717) is 0 Å². The van der Waals surface area contributed by atoms with E-state index in [-0.39, 0.29) is 6.42 Å². The monoisotopic (exact) mass is 171 g/mol. The molecule has 1 amide bonds. The number of nitrogens with two attached hydrogens (primary N) is 1. The molecule has 2 N–H and O–H groups in total. The summed E-state index contributed by atoms with van der Waals surface area (Å²) in [5, 5.41) is 0. The van der Waals surface area contributed by atoms with Gasteiger partial charge in [-0.3, -0.25) is 9.53 Å². The van der Waals surface area contributed by atoms with Crippen molar-refractivity contribution in [3.63, 3.8) is 0 Å². The Morgan fingerprint density at radius 2 is 2.09 bits per heavy atom. The second-order valence-electron chi connectivity index (χ2n) is 1.86. The summed E-state index contributed by atoms with van der Waals surface area (Å²) >= 11 is 0. The lowest BCUT2D eigenvalue weighted by atomic mass is 10.3. The van der Waals surface area contributed by atoms with E-state index >= 15 is 0 Å². The van der Waals surface area contributed by atoms with E-state index in [0.717, 1.165) is 0 Å². The van der Waals surface area contributed by atoms with Crippen LogP contribution in [-0.2, 0) is 9.53 Å². The smallest absolute Gasteiger partial charge is 0.367 e. The number of carbonyl (C=O) groups excluding carboxylic acids is 1. The van der Waals surface area contributed by atoms with E-state index in [9.17, 15) is 18.0 Å². The molecule has 0 radical (unpaired) electrons. The molecule has 0 aliphatic rings. The minimum Gasteiger partial charge on any atom is -0.367 e. The summed E-state index contributed by atoms with van der Waals surface area (Å²) in [6, 6.07) is 0. The molecule has 0 aromatic rings. The molecule has 3 nitrogen and oxygen atoms in total. The Morgan fingerprint density at radius 1 is 1.64 bits per heavy atom. The molecule has 0 heterocycles. The summed E-state index contributed by atoms with van der Waals surface area (Å²) in [5.74, 6) is -1.11. The van der Waals surface area contributed by atoms with Gasteiger partial charge in [0, 0.05) is 0 Å². The molecule has 0 aromatic carbocycles.